The molecule has 8 heteroatoms. The molecule has 2 N–H and O–H groups in total. The lowest BCUT2D eigenvalue weighted by atomic mass is 9.97. The Labute approximate surface area is 173 Å². The number of amides is 2. The Bertz CT molecular complexity index is 855. The summed E-state index contributed by atoms with van der Waals surface area (Å²) in [5, 5.41) is 5.51. The second-order valence-electron chi connectivity index (χ2n) is 7.08. The van der Waals surface area contributed by atoms with E-state index in [9.17, 15) is 14.4 Å². The van der Waals surface area contributed by atoms with E-state index in [4.69, 9.17) is 9.15 Å². The second-order valence-corrected chi connectivity index (χ2v) is 8.11. The van der Waals surface area contributed by atoms with E-state index < -0.39 is 29.5 Å². The van der Waals surface area contributed by atoms with Crippen molar-refractivity contribution in [3.63, 3.8) is 0 Å². The highest BCUT2D eigenvalue weighted by atomic mass is 32.2. The van der Waals surface area contributed by atoms with Crippen molar-refractivity contribution < 1.29 is 23.5 Å². The molecule has 154 valence electrons. The van der Waals surface area contributed by atoms with Gasteiger partial charge in [-0.1, -0.05) is 37.3 Å². The highest BCUT2D eigenvalue weighted by Crippen LogP contribution is 2.26. The van der Waals surface area contributed by atoms with Gasteiger partial charge in [0.2, 0.25) is 5.91 Å². The minimum atomic E-state index is -1.09. The van der Waals surface area contributed by atoms with E-state index in [1.165, 1.54) is 24.1 Å². The quantitative estimate of drug-likeness (QED) is 0.686. The van der Waals surface area contributed by atoms with Crippen LogP contribution in [0.5, 0.6) is 0 Å². The molecule has 0 spiro atoms. The maximum absolute atomic E-state index is 12.9. The van der Waals surface area contributed by atoms with Crippen molar-refractivity contribution >= 4 is 29.4 Å². The highest BCUT2D eigenvalue weighted by Gasteiger charge is 2.45. The highest BCUT2D eigenvalue weighted by molar-refractivity contribution is 7.98. The van der Waals surface area contributed by atoms with Gasteiger partial charge < -0.3 is 19.8 Å². The van der Waals surface area contributed by atoms with Gasteiger partial charge in [0.1, 0.15) is 18.4 Å². The first-order chi connectivity index (χ1) is 13.9. The average Bonchev–Trinajstić information content (AvgIpc) is 3.33. The van der Waals surface area contributed by atoms with E-state index in [1.807, 2.05) is 30.3 Å². The summed E-state index contributed by atoms with van der Waals surface area (Å²) in [5.74, 6) is -0.239. The van der Waals surface area contributed by atoms with Gasteiger partial charge in [0.15, 0.2) is 11.5 Å². The molecule has 29 heavy (non-hydrogen) atoms. The summed E-state index contributed by atoms with van der Waals surface area (Å²) in [6, 6.07) is 12.2. The zero-order valence-corrected chi connectivity index (χ0v) is 17.2. The summed E-state index contributed by atoms with van der Waals surface area (Å²) in [7, 11) is 0. The van der Waals surface area contributed by atoms with Crippen LogP contribution in [0.15, 0.2) is 53.1 Å². The Morgan fingerprint density at radius 3 is 2.62 bits per heavy atom. The van der Waals surface area contributed by atoms with E-state index in [2.05, 4.69) is 10.6 Å². The third-order valence-electron chi connectivity index (χ3n) is 4.96. The van der Waals surface area contributed by atoms with Crippen LogP contribution in [0.2, 0.25) is 0 Å². The maximum Gasteiger partial charge on any atom is 0.287 e. The molecule has 3 atom stereocenters. The largest absolute Gasteiger partial charge is 0.459 e. The Kier molecular flexibility index (Phi) is 6.76. The molecule has 2 amide bonds. The average molecular weight is 416 g/mol. The molecule has 1 saturated heterocycles. The summed E-state index contributed by atoms with van der Waals surface area (Å²) in [4.78, 5) is 37.2. The molecule has 7 nitrogen and oxygen atoms in total. The van der Waals surface area contributed by atoms with E-state index in [0.717, 1.165) is 5.56 Å². The predicted octanol–water partition coefficient (Wildman–Crippen LogP) is 2.38. The Balaban J connectivity index is 1.66. The van der Waals surface area contributed by atoms with Crippen LogP contribution in [-0.2, 0) is 20.1 Å². The third kappa shape index (κ3) is 5.27. The second kappa shape index (κ2) is 9.28. The van der Waals surface area contributed by atoms with Crippen LogP contribution in [0.25, 0.3) is 0 Å². The maximum atomic E-state index is 12.9. The first-order valence-corrected chi connectivity index (χ1v) is 10.5. The lowest BCUT2D eigenvalue weighted by Crippen LogP contribution is -2.57. The summed E-state index contributed by atoms with van der Waals surface area (Å²) in [5.41, 5.74) is 0.0330. The molecular formula is C21H24N2O5S. The monoisotopic (exact) mass is 416 g/mol. The van der Waals surface area contributed by atoms with Gasteiger partial charge in [0.25, 0.3) is 5.91 Å². The lowest BCUT2D eigenvalue weighted by Gasteiger charge is -2.30. The zero-order valence-electron chi connectivity index (χ0n) is 16.3. The molecule has 1 aromatic carbocycles. The van der Waals surface area contributed by atoms with E-state index in [0.29, 0.717) is 11.5 Å². The normalized spacial score (nSPS) is 22.3. The van der Waals surface area contributed by atoms with Crippen LogP contribution in [0.4, 0.5) is 0 Å². The van der Waals surface area contributed by atoms with Crippen LogP contribution < -0.4 is 10.6 Å². The van der Waals surface area contributed by atoms with Crippen molar-refractivity contribution in [2.24, 2.45) is 5.92 Å². The van der Waals surface area contributed by atoms with Gasteiger partial charge in [-0.15, -0.1) is 0 Å². The van der Waals surface area contributed by atoms with Crippen LogP contribution in [0.3, 0.4) is 0 Å². The number of thioether (sulfide) groups is 1. The van der Waals surface area contributed by atoms with Gasteiger partial charge in [-0.2, -0.15) is 11.8 Å². The molecule has 0 bridgehead atoms. The summed E-state index contributed by atoms with van der Waals surface area (Å²) < 4.78 is 10.6. The molecule has 0 saturated carbocycles. The fourth-order valence-corrected chi connectivity index (χ4v) is 3.96. The number of hydrogen-bond donors (Lipinski definition) is 2. The molecule has 1 aromatic heterocycles. The van der Waals surface area contributed by atoms with Gasteiger partial charge in [0, 0.05) is 11.5 Å². The van der Waals surface area contributed by atoms with Crippen molar-refractivity contribution in [2.45, 2.75) is 31.4 Å². The number of Topliss-reactive ketones (excluding diaryl/α,β-unsaturated/α-hetero) is 1. The van der Waals surface area contributed by atoms with Crippen molar-refractivity contribution in [2.75, 3.05) is 12.4 Å². The third-order valence-corrected chi connectivity index (χ3v) is 6.06. The van der Waals surface area contributed by atoms with Crippen molar-refractivity contribution in [1.82, 2.24) is 10.6 Å². The van der Waals surface area contributed by atoms with Crippen molar-refractivity contribution in [1.29, 1.82) is 0 Å². The Hall–Kier alpha value is -2.58. The first-order valence-electron chi connectivity index (χ1n) is 9.34. The van der Waals surface area contributed by atoms with E-state index >= 15 is 0 Å². The van der Waals surface area contributed by atoms with Gasteiger partial charge in [-0.25, -0.2) is 0 Å². The van der Waals surface area contributed by atoms with Crippen molar-refractivity contribution in [3.05, 3.63) is 60.1 Å². The number of carbonyl (C=O) groups is 3. The van der Waals surface area contributed by atoms with Crippen LogP contribution in [0, 0.1) is 5.92 Å². The molecule has 3 unspecified atom stereocenters. The number of carbonyl (C=O) groups excluding carboxylic acids is 3. The lowest BCUT2D eigenvalue weighted by molar-refractivity contribution is -0.132. The minimum Gasteiger partial charge on any atom is -0.459 e. The number of furan rings is 1. The van der Waals surface area contributed by atoms with Crippen LogP contribution in [-0.4, -0.2) is 41.7 Å². The summed E-state index contributed by atoms with van der Waals surface area (Å²) >= 11 is 1.53. The van der Waals surface area contributed by atoms with E-state index in [1.54, 1.807) is 19.9 Å². The van der Waals surface area contributed by atoms with Crippen LogP contribution in [0.1, 0.15) is 30.0 Å². The van der Waals surface area contributed by atoms with Gasteiger partial charge in [0.05, 0.1) is 12.2 Å². The molecule has 1 fully saturated rings. The molecular weight excluding hydrogens is 392 g/mol. The first kappa shape index (κ1) is 21.1. The topological polar surface area (TPSA) is 97.6 Å². The molecule has 2 heterocycles. The smallest absolute Gasteiger partial charge is 0.287 e. The Morgan fingerprint density at radius 2 is 2.00 bits per heavy atom. The fraction of sp³-hybridized carbons (Fsp3) is 0.381. The van der Waals surface area contributed by atoms with Gasteiger partial charge in [-0.3, -0.25) is 14.4 Å². The number of benzene rings is 1. The minimum absolute atomic E-state index is 0.0376. The van der Waals surface area contributed by atoms with Gasteiger partial charge >= 0.3 is 0 Å². The number of ether oxygens (including phenoxy) is 1. The number of nitrogens with one attached hydrogen (secondary N) is 2. The summed E-state index contributed by atoms with van der Waals surface area (Å²) in [6.07, 6.45) is 1.40. The molecule has 1 aliphatic heterocycles. The van der Waals surface area contributed by atoms with Crippen LogP contribution >= 0.6 is 11.8 Å². The zero-order chi connectivity index (χ0) is 20.9. The Morgan fingerprint density at radius 1 is 1.24 bits per heavy atom. The standard InChI is InChI=1S/C21H24N2O5S/c1-14-17(24)11-28-21(14,2)23-19(25)16(22-20(26)18-9-6-10-27-18)13-29-12-15-7-4-3-5-8-15/h3-10,14,16H,11-13H2,1-2H3,(H,22,26)(H,23,25). The predicted molar refractivity (Wildman–Crippen MR) is 109 cm³/mol. The van der Waals surface area contributed by atoms with E-state index in [-0.39, 0.29) is 18.2 Å². The summed E-state index contributed by atoms with van der Waals surface area (Å²) in [6.45, 7) is 3.35. The molecule has 0 radical (unpaired) electrons. The molecule has 0 aliphatic carbocycles. The molecule has 1 aliphatic rings. The van der Waals surface area contributed by atoms with Gasteiger partial charge in [-0.05, 0) is 24.6 Å². The SMILES string of the molecule is CC1C(=O)COC1(C)NC(=O)C(CSCc1ccccc1)NC(=O)c1ccco1. The number of rotatable bonds is 8. The van der Waals surface area contributed by atoms with Crippen molar-refractivity contribution in [3.8, 4) is 0 Å². The number of ketones is 1. The molecule has 2 aromatic rings. The fourth-order valence-electron chi connectivity index (χ4n) is 2.94. The molecule has 3 rings (SSSR count). The number of hydrogen-bond acceptors (Lipinski definition) is 6.